The first-order chi connectivity index (χ1) is 11.2. The lowest BCUT2D eigenvalue weighted by molar-refractivity contribution is -0.132. The molecule has 1 aliphatic heterocycles. The Labute approximate surface area is 133 Å². The molecule has 0 radical (unpaired) electrons. The number of likely N-dealkylation sites (N-methyl/N-ethyl adjacent to an activating group) is 1. The molecule has 120 valence electrons. The second-order valence-corrected chi connectivity index (χ2v) is 5.46. The fourth-order valence-corrected chi connectivity index (χ4v) is 2.99. The van der Waals surface area contributed by atoms with E-state index in [1.165, 1.54) is 12.4 Å². The molecule has 2 aromatic heterocycles. The summed E-state index contributed by atoms with van der Waals surface area (Å²) in [5.41, 5.74) is -0.902. The van der Waals surface area contributed by atoms with Gasteiger partial charge < -0.3 is 10.2 Å². The van der Waals surface area contributed by atoms with Gasteiger partial charge in [-0.2, -0.15) is 5.10 Å². The average molecular weight is 314 g/mol. The molecular weight excluding hydrogens is 296 g/mol. The van der Waals surface area contributed by atoms with Crippen molar-refractivity contribution in [2.45, 2.75) is 18.4 Å². The van der Waals surface area contributed by atoms with Crippen molar-refractivity contribution >= 4 is 11.8 Å². The minimum Gasteiger partial charge on any atom is -0.357 e. The number of aromatic nitrogens is 4. The first-order valence-electron chi connectivity index (χ1n) is 7.46. The number of amides is 2. The van der Waals surface area contributed by atoms with Gasteiger partial charge in [0.1, 0.15) is 0 Å². The Morgan fingerprint density at radius 1 is 1.22 bits per heavy atom. The van der Waals surface area contributed by atoms with Crippen molar-refractivity contribution in [2.24, 2.45) is 0 Å². The number of hydrogen-bond acceptors (Lipinski definition) is 5. The lowest BCUT2D eigenvalue weighted by atomic mass is 9.88. The summed E-state index contributed by atoms with van der Waals surface area (Å²) in [6, 6.07) is 3.43. The summed E-state index contributed by atoms with van der Waals surface area (Å²) >= 11 is 0. The largest absolute Gasteiger partial charge is 0.357 e. The minimum absolute atomic E-state index is 0.140. The lowest BCUT2D eigenvalue weighted by Crippen LogP contribution is -2.59. The van der Waals surface area contributed by atoms with E-state index in [1.54, 1.807) is 41.2 Å². The third-order valence-corrected chi connectivity index (χ3v) is 4.11. The van der Waals surface area contributed by atoms with Crippen LogP contribution in [0, 0.1) is 0 Å². The van der Waals surface area contributed by atoms with E-state index < -0.39 is 5.54 Å². The van der Waals surface area contributed by atoms with Crippen LogP contribution in [0.5, 0.6) is 0 Å². The highest BCUT2D eigenvalue weighted by Gasteiger charge is 2.45. The van der Waals surface area contributed by atoms with Gasteiger partial charge in [0.15, 0.2) is 5.54 Å². The highest BCUT2D eigenvalue weighted by Crippen LogP contribution is 2.29. The van der Waals surface area contributed by atoms with Gasteiger partial charge >= 0.3 is 0 Å². The maximum absolute atomic E-state index is 12.6. The first kappa shape index (κ1) is 15.1. The topological polar surface area (TPSA) is 93.0 Å². The van der Waals surface area contributed by atoms with E-state index in [2.05, 4.69) is 20.4 Å². The number of hydrogen-bond donors (Lipinski definition) is 1. The van der Waals surface area contributed by atoms with Crippen LogP contribution in [0.1, 0.15) is 23.5 Å². The van der Waals surface area contributed by atoms with Crippen molar-refractivity contribution in [3.63, 3.8) is 0 Å². The fraction of sp³-hybridized carbons (Fsp3) is 0.400. The van der Waals surface area contributed by atoms with Crippen molar-refractivity contribution in [1.82, 2.24) is 30.0 Å². The molecular formula is C15H18N6O2. The zero-order valence-corrected chi connectivity index (χ0v) is 12.8. The van der Waals surface area contributed by atoms with Gasteiger partial charge in [-0.15, -0.1) is 0 Å². The van der Waals surface area contributed by atoms with Crippen molar-refractivity contribution < 1.29 is 9.59 Å². The number of piperidine rings is 1. The monoisotopic (exact) mass is 314 g/mol. The highest BCUT2D eigenvalue weighted by atomic mass is 16.2. The molecule has 1 aliphatic rings. The van der Waals surface area contributed by atoms with Crippen LogP contribution in [0.4, 0.5) is 0 Å². The molecule has 8 nitrogen and oxygen atoms in total. The fourth-order valence-electron chi connectivity index (χ4n) is 2.99. The predicted molar refractivity (Wildman–Crippen MR) is 81.4 cm³/mol. The number of carbonyl (C=O) groups is 2. The van der Waals surface area contributed by atoms with Crippen LogP contribution in [-0.2, 0) is 10.3 Å². The van der Waals surface area contributed by atoms with E-state index in [9.17, 15) is 9.59 Å². The van der Waals surface area contributed by atoms with E-state index in [4.69, 9.17) is 0 Å². The molecule has 0 saturated carbocycles. The van der Waals surface area contributed by atoms with E-state index in [1.807, 2.05) is 0 Å². The maximum Gasteiger partial charge on any atom is 0.291 e. The second kappa shape index (κ2) is 6.15. The van der Waals surface area contributed by atoms with E-state index in [0.29, 0.717) is 19.4 Å². The standard InChI is InChI=1S/C15H18N6O2/c1-16-14(23)15(21-10-4-8-19-21)5-2-9-20(11-15)13(22)12-17-6-3-7-18-12/h3-4,6-8,10H,2,5,9,11H2,1H3,(H,16,23). The van der Waals surface area contributed by atoms with Crippen molar-refractivity contribution in [1.29, 1.82) is 0 Å². The first-order valence-corrected chi connectivity index (χ1v) is 7.46. The minimum atomic E-state index is -0.902. The van der Waals surface area contributed by atoms with Crippen LogP contribution in [0.3, 0.4) is 0 Å². The third kappa shape index (κ3) is 2.67. The smallest absolute Gasteiger partial charge is 0.291 e. The predicted octanol–water partition coefficient (Wildman–Crippen LogP) is 0.0506. The summed E-state index contributed by atoms with van der Waals surface area (Å²) in [6.45, 7) is 0.808. The number of likely N-dealkylation sites (tertiary alicyclic amines) is 1. The zero-order valence-electron chi connectivity index (χ0n) is 12.8. The third-order valence-electron chi connectivity index (χ3n) is 4.11. The molecule has 0 spiro atoms. The Morgan fingerprint density at radius 2 is 2.00 bits per heavy atom. The van der Waals surface area contributed by atoms with Crippen molar-refractivity contribution in [3.8, 4) is 0 Å². The number of nitrogens with one attached hydrogen (secondary N) is 1. The molecule has 1 fully saturated rings. The molecule has 0 bridgehead atoms. The summed E-state index contributed by atoms with van der Waals surface area (Å²) < 4.78 is 1.64. The van der Waals surface area contributed by atoms with Gasteiger partial charge in [0.25, 0.3) is 5.91 Å². The van der Waals surface area contributed by atoms with Crippen LogP contribution in [0.25, 0.3) is 0 Å². The van der Waals surface area contributed by atoms with E-state index >= 15 is 0 Å². The van der Waals surface area contributed by atoms with Crippen molar-refractivity contribution in [3.05, 3.63) is 42.7 Å². The summed E-state index contributed by atoms with van der Waals surface area (Å²) in [6.07, 6.45) is 7.76. The zero-order chi connectivity index (χ0) is 16.3. The van der Waals surface area contributed by atoms with Gasteiger partial charge in [-0.1, -0.05) is 0 Å². The van der Waals surface area contributed by atoms with Crippen LogP contribution < -0.4 is 5.32 Å². The Kier molecular flexibility index (Phi) is 4.05. The quantitative estimate of drug-likeness (QED) is 0.864. The van der Waals surface area contributed by atoms with Crippen molar-refractivity contribution in [2.75, 3.05) is 20.1 Å². The number of rotatable bonds is 3. The molecule has 3 rings (SSSR count). The molecule has 1 saturated heterocycles. The average Bonchev–Trinajstić information content (AvgIpc) is 3.16. The summed E-state index contributed by atoms with van der Waals surface area (Å²) in [5, 5.41) is 6.93. The number of nitrogens with zero attached hydrogens (tertiary/aromatic N) is 5. The second-order valence-electron chi connectivity index (χ2n) is 5.46. The van der Waals surface area contributed by atoms with Gasteiger partial charge in [-0.05, 0) is 25.0 Å². The van der Waals surface area contributed by atoms with Gasteiger partial charge in [-0.3, -0.25) is 14.3 Å². The molecule has 23 heavy (non-hydrogen) atoms. The molecule has 2 amide bonds. The lowest BCUT2D eigenvalue weighted by Gasteiger charge is -2.41. The molecule has 0 aromatic carbocycles. The molecule has 3 heterocycles. The normalized spacial score (nSPS) is 21.0. The van der Waals surface area contributed by atoms with Crippen LogP contribution in [-0.4, -0.2) is 56.6 Å². The number of carbonyl (C=O) groups excluding carboxylic acids is 2. The molecule has 8 heteroatoms. The van der Waals surface area contributed by atoms with Gasteiger partial charge in [0.05, 0.1) is 6.54 Å². The molecule has 1 atom stereocenters. The Morgan fingerprint density at radius 3 is 2.65 bits per heavy atom. The molecule has 0 aliphatic carbocycles. The Balaban J connectivity index is 1.91. The molecule has 1 N–H and O–H groups in total. The van der Waals surface area contributed by atoms with Gasteiger partial charge in [0, 0.05) is 38.4 Å². The van der Waals surface area contributed by atoms with Crippen LogP contribution >= 0.6 is 0 Å². The maximum atomic E-state index is 12.6. The van der Waals surface area contributed by atoms with Crippen LogP contribution in [0.2, 0.25) is 0 Å². The molecule has 2 aromatic rings. The summed E-state index contributed by atoms with van der Waals surface area (Å²) in [5.74, 6) is -0.293. The Bertz CT molecular complexity index is 687. The summed E-state index contributed by atoms with van der Waals surface area (Å²) in [7, 11) is 1.59. The molecule has 1 unspecified atom stereocenters. The van der Waals surface area contributed by atoms with Gasteiger partial charge in [-0.25, -0.2) is 9.97 Å². The summed E-state index contributed by atoms with van der Waals surface area (Å²) in [4.78, 5) is 34.8. The SMILES string of the molecule is CNC(=O)C1(n2cccn2)CCCN(C(=O)c2ncccn2)C1. The van der Waals surface area contributed by atoms with Crippen LogP contribution in [0.15, 0.2) is 36.9 Å². The Hall–Kier alpha value is -2.77. The highest BCUT2D eigenvalue weighted by molar-refractivity contribution is 5.92. The van der Waals surface area contributed by atoms with Gasteiger partial charge in [0.2, 0.25) is 11.7 Å². The van der Waals surface area contributed by atoms with E-state index in [0.717, 1.165) is 0 Å². The van der Waals surface area contributed by atoms with E-state index in [-0.39, 0.29) is 24.2 Å².